The Kier molecular flexibility index (Phi) is 4.27. The van der Waals surface area contributed by atoms with Crippen molar-refractivity contribution < 1.29 is 9.90 Å². The van der Waals surface area contributed by atoms with Crippen molar-refractivity contribution in [3.63, 3.8) is 0 Å². The third kappa shape index (κ3) is 2.49. The Morgan fingerprint density at radius 3 is 2.57 bits per heavy atom. The van der Waals surface area contributed by atoms with Crippen molar-refractivity contribution in [3.05, 3.63) is 69.2 Å². The largest absolute Gasteiger partial charge is 0.480 e. The molecule has 154 valence electrons. The predicted molar refractivity (Wildman–Crippen MR) is 114 cm³/mol. The Hall–Kier alpha value is -3.55. The van der Waals surface area contributed by atoms with Crippen LogP contribution in [-0.2, 0) is 22.8 Å². The highest BCUT2D eigenvalue weighted by Gasteiger charge is 2.59. The van der Waals surface area contributed by atoms with Gasteiger partial charge in [-0.15, -0.1) is 0 Å². The lowest BCUT2D eigenvalue weighted by atomic mass is 9.66. The summed E-state index contributed by atoms with van der Waals surface area (Å²) in [5.74, 6) is -0.824. The van der Waals surface area contributed by atoms with Crippen LogP contribution in [0.2, 0.25) is 0 Å². The molecule has 0 amide bonds. The third-order valence-electron chi connectivity index (χ3n) is 6.17. The number of carboxylic acids is 1. The Morgan fingerprint density at radius 2 is 1.93 bits per heavy atom. The van der Waals surface area contributed by atoms with Gasteiger partial charge in [0.25, 0.3) is 5.56 Å². The van der Waals surface area contributed by atoms with E-state index in [1.807, 2.05) is 26.0 Å². The second kappa shape index (κ2) is 6.48. The Balaban J connectivity index is 2.08. The number of nitrogens with zero attached hydrogens (tertiary/aromatic N) is 4. The van der Waals surface area contributed by atoms with E-state index in [1.54, 1.807) is 32.3 Å². The van der Waals surface area contributed by atoms with E-state index in [4.69, 9.17) is 4.98 Å². The molecule has 1 aliphatic rings. The van der Waals surface area contributed by atoms with Gasteiger partial charge in [0.15, 0.2) is 5.54 Å². The summed E-state index contributed by atoms with van der Waals surface area (Å²) in [6, 6.07) is 3.93. The lowest BCUT2D eigenvalue weighted by molar-refractivity contribution is -0.145. The second-order valence-corrected chi connectivity index (χ2v) is 7.99. The Morgan fingerprint density at radius 1 is 1.23 bits per heavy atom. The van der Waals surface area contributed by atoms with Gasteiger partial charge in [0.05, 0.1) is 22.9 Å². The van der Waals surface area contributed by atoms with E-state index < -0.39 is 22.5 Å². The van der Waals surface area contributed by atoms with E-state index in [0.29, 0.717) is 17.0 Å². The quantitative estimate of drug-likeness (QED) is 0.692. The number of allylic oxidation sites excluding steroid dienone is 1. The average Bonchev–Trinajstić information content (AvgIpc) is 3.33. The van der Waals surface area contributed by atoms with Crippen molar-refractivity contribution in [2.75, 3.05) is 0 Å². The zero-order valence-corrected chi connectivity index (χ0v) is 17.5. The highest BCUT2D eigenvalue weighted by atomic mass is 16.4. The maximum atomic E-state index is 13.1. The fourth-order valence-corrected chi connectivity index (χ4v) is 4.17. The molecule has 3 heterocycles. The van der Waals surface area contributed by atoms with E-state index in [1.165, 1.54) is 17.8 Å². The van der Waals surface area contributed by atoms with Gasteiger partial charge in [0.1, 0.15) is 11.2 Å². The summed E-state index contributed by atoms with van der Waals surface area (Å²) in [6.45, 7) is 7.15. The number of hydrogen-bond acceptors (Lipinski definition) is 5. The molecular formula is C22H23N5O3. The van der Waals surface area contributed by atoms with E-state index >= 15 is 0 Å². The number of aliphatic imine (C=N–C) groups is 1. The summed E-state index contributed by atoms with van der Waals surface area (Å²) in [6.07, 6.45) is 6.29. The summed E-state index contributed by atoms with van der Waals surface area (Å²) < 4.78 is 1.28. The topological polar surface area (TPSA) is 113 Å². The number of carbonyl (C=O) groups is 1. The van der Waals surface area contributed by atoms with Gasteiger partial charge in [0, 0.05) is 19.0 Å². The van der Waals surface area contributed by atoms with E-state index in [9.17, 15) is 14.7 Å². The van der Waals surface area contributed by atoms with Crippen molar-refractivity contribution in [1.82, 2.24) is 19.5 Å². The monoisotopic (exact) mass is 405 g/mol. The maximum absolute atomic E-state index is 13.1. The highest BCUT2D eigenvalue weighted by Crippen LogP contribution is 2.47. The van der Waals surface area contributed by atoms with Crippen LogP contribution in [0.1, 0.15) is 35.1 Å². The molecule has 4 rings (SSSR count). The summed E-state index contributed by atoms with van der Waals surface area (Å²) >= 11 is 0. The normalized spacial score (nSPS) is 20.0. The van der Waals surface area contributed by atoms with Gasteiger partial charge in [0.2, 0.25) is 0 Å². The number of aryl methyl sites for hydroxylation is 4. The number of benzene rings is 1. The number of aromatic nitrogens is 4. The molecule has 2 aromatic heterocycles. The van der Waals surface area contributed by atoms with Gasteiger partial charge in [-0.1, -0.05) is 0 Å². The molecule has 2 atom stereocenters. The lowest BCUT2D eigenvalue weighted by Gasteiger charge is -2.38. The zero-order valence-electron chi connectivity index (χ0n) is 17.5. The number of H-pyrrole nitrogens is 1. The number of fused-ring (bicyclic) bond motifs is 1. The van der Waals surface area contributed by atoms with Crippen LogP contribution in [0.15, 0.2) is 40.4 Å². The summed E-state index contributed by atoms with van der Waals surface area (Å²) in [4.78, 5) is 42.7. The Labute approximate surface area is 173 Å². The second-order valence-electron chi connectivity index (χ2n) is 7.99. The van der Waals surface area contributed by atoms with Gasteiger partial charge >= 0.3 is 5.97 Å². The summed E-state index contributed by atoms with van der Waals surface area (Å²) in [5, 5.41) is 10.5. The molecule has 0 aliphatic carbocycles. The number of aromatic amines is 1. The van der Waals surface area contributed by atoms with Crippen LogP contribution in [0.25, 0.3) is 11.0 Å². The standard InChI is InChI=1S/C22H23N5O3/c1-12-9-15-16(10-13(12)2)26-19(25-15)22(7-6-8-24-22)21(4,20(29)30)17-14(3)23-11-27(5)18(17)28/h6-11H,1-5H3,(H,25,26)(H,29,30). The van der Waals surface area contributed by atoms with Crippen LogP contribution < -0.4 is 5.56 Å². The van der Waals surface area contributed by atoms with Crippen LogP contribution in [0, 0.1) is 20.8 Å². The molecule has 8 heteroatoms. The molecule has 0 saturated carbocycles. The number of aliphatic carboxylic acids is 1. The van der Waals surface area contributed by atoms with Crippen LogP contribution in [-0.4, -0.2) is 36.8 Å². The third-order valence-corrected chi connectivity index (χ3v) is 6.17. The number of imidazole rings is 1. The molecular weight excluding hydrogens is 382 g/mol. The molecule has 1 aromatic carbocycles. The van der Waals surface area contributed by atoms with Gasteiger partial charge in [-0.05, 0) is 63.1 Å². The first kappa shape index (κ1) is 19.8. The minimum Gasteiger partial charge on any atom is -0.480 e. The summed E-state index contributed by atoms with van der Waals surface area (Å²) in [5.41, 5.74) is 0.495. The molecule has 2 unspecified atom stereocenters. The molecule has 0 spiro atoms. The molecule has 8 nitrogen and oxygen atoms in total. The van der Waals surface area contributed by atoms with Gasteiger partial charge in [-0.2, -0.15) is 0 Å². The minimum absolute atomic E-state index is 0.0801. The SMILES string of the molecule is Cc1cc2nc(C3(C(C)(C(=O)O)c4c(C)ncn(C)c4=O)C=CC=N3)[nH]c2cc1C. The van der Waals surface area contributed by atoms with Crippen molar-refractivity contribution in [1.29, 1.82) is 0 Å². The average molecular weight is 405 g/mol. The minimum atomic E-state index is -1.75. The van der Waals surface area contributed by atoms with Crippen molar-refractivity contribution in [2.45, 2.75) is 38.6 Å². The first-order chi connectivity index (χ1) is 14.1. The van der Waals surface area contributed by atoms with Crippen LogP contribution in [0.4, 0.5) is 0 Å². The van der Waals surface area contributed by atoms with Gasteiger partial charge < -0.3 is 14.7 Å². The van der Waals surface area contributed by atoms with Crippen LogP contribution >= 0.6 is 0 Å². The molecule has 0 saturated heterocycles. The van der Waals surface area contributed by atoms with Gasteiger partial charge in [-0.3, -0.25) is 14.6 Å². The maximum Gasteiger partial charge on any atom is 0.317 e. The number of hydrogen-bond donors (Lipinski definition) is 2. The smallest absolute Gasteiger partial charge is 0.317 e. The van der Waals surface area contributed by atoms with Crippen LogP contribution in [0.3, 0.4) is 0 Å². The van der Waals surface area contributed by atoms with Crippen molar-refractivity contribution in [3.8, 4) is 0 Å². The zero-order chi connectivity index (χ0) is 21.8. The van der Waals surface area contributed by atoms with Gasteiger partial charge in [-0.25, -0.2) is 9.97 Å². The molecule has 2 N–H and O–H groups in total. The number of nitrogens with one attached hydrogen (secondary N) is 1. The Bertz CT molecular complexity index is 1260. The van der Waals surface area contributed by atoms with E-state index in [2.05, 4.69) is 15.0 Å². The first-order valence-corrected chi connectivity index (χ1v) is 9.58. The summed E-state index contributed by atoms with van der Waals surface area (Å²) in [7, 11) is 1.55. The highest BCUT2D eigenvalue weighted by molar-refractivity contribution is 5.88. The fraction of sp³-hybridized carbons (Fsp3) is 0.318. The van der Waals surface area contributed by atoms with E-state index in [-0.39, 0.29) is 5.56 Å². The fourth-order valence-electron chi connectivity index (χ4n) is 4.17. The van der Waals surface area contributed by atoms with E-state index in [0.717, 1.165) is 16.6 Å². The number of rotatable bonds is 4. The van der Waals surface area contributed by atoms with Crippen LogP contribution in [0.5, 0.6) is 0 Å². The predicted octanol–water partition coefficient (Wildman–Crippen LogP) is 2.46. The first-order valence-electron chi connectivity index (χ1n) is 9.58. The molecule has 3 aromatic rings. The van der Waals surface area contributed by atoms with Crippen molar-refractivity contribution in [2.24, 2.45) is 12.0 Å². The number of carboxylic acid groups (broad SMARTS) is 1. The van der Waals surface area contributed by atoms with Crippen molar-refractivity contribution >= 4 is 23.2 Å². The molecule has 0 radical (unpaired) electrons. The molecule has 0 fully saturated rings. The molecule has 30 heavy (non-hydrogen) atoms. The molecule has 0 bridgehead atoms. The lowest BCUT2D eigenvalue weighted by Crippen LogP contribution is -2.54. The molecule has 1 aliphatic heterocycles.